The van der Waals surface area contributed by atoms with Crippen LogP contribution in [0.5, 0.6) is 11.5 Å². The van der Waals surface area contributed by atoms with Crippen molar-refractivity contribution in [2.45, 2.75) is 6.17 Å². The molecule has 132 valence electrons. The summed E-state index contributed by atoms with van der Waals surface area (Å²) < 4.78 is 10.6. The second-order valence-corrected chi connectivity index (χ2v) is 6.76. The minimum absolute atomic E-state index is 0.0846. The molecule has 4 rings (SSSR count). The van der Waals surface area contributed by atoms with Crippen LogP contribution in [0.3, 0.4) is 0 Å². The van der Waals surface area contributed by atoms with Crippen LogP contribution < -0.4 is 20.1 Å². The highest BCUT2D eigenvalue weighted by Crippen LogP contribution is 2.40. The van der Waals surface area contributed by atoms with E-state index in [1.165, 1.54) is 11.3 Å². The van der Waals surface area contributed by atoms with Gasteiger partial charge in [-0.2, -0.15) is 0 Å². The number of ether oxygens (including phenoxy) is 2. The van der Waals surface area contributed by atoms with Crippen molar-refractivity contribution in [2.24, 2.45) is 0 Å². The number of thiophene rings is 1. The van der Waals surface area contributed by atoms with Gasteiger partial charge in [-0.15, -0.1) is 11.3 Å². The largest absolute Gasteiger partial charge is 0.493 e. The molecule has 1 aromatic heterocycles. The van der Waals surface area contributed by atoms with Gasteiger partial charge in [0.2, 0.25) is 0 Å². The highest BCUT2D eigenvalue weighted by Gasteiger charge is 2.29. The highest BCUT2D eigenvalue weighted by molar-refractivity contribution is 7.15. The summed E-state index contributed by atoms with van der Waals surface area (Å²) in [5, 5.41) is 9.33. The fourth-order valence-electron chi connectivity index (χ4n) is 3.09. The lowest BCUT2D eigenvalue weighted by molar-refractivity contribution is 0.0937. The predicted molar refractivity (Wildman–Crippen MR) is 103 cm³/mol. The van der Waals surface area contributed by atoms with Crippen LogP contribution in [-0.4, -0.2) is 20.1 Å². The van der Waals surface area contributed by atoms with E-state index in [0.29, 0.717) is 17.1 Å². The van der Waals surface area contributed by atoms with Gasteiger partial charge in [0.1, 0.15) is 11.2 Å². The van der Waals surface area contributed by atoms with E-state index in [2.05, 4.69) is 10.6 Å². The normalized spacial score (nSPS) is 15.6. The minimum atomic E-state index is -0.322. The topological polar surface area (TPSA) is 59.6 Å². The first-order chi connectivity index (χ1) is 12.7. The number of carbonyl (C=O) groups is 1. The van der Waals surface area contributed by atoms with E-state index in [4.69, 9.17) is 9.47 Å². The van der Waals surface area contributed by atoms with Gasteiger partial charge in [-0.25, -0.2) is 0 Å². The molecule has 2 aromatic carbocycles. The summed E-state index contributed by atoms with van der Waals surface area (Å²) in [6.45, 7) is 0. The molecule has 0 fully saturated rings. The van der Waals surface area contributed by atoms with Crippen LogP contribution in [0.15, 0.2) is 53.9 Å². The molecule has 5 nitrogen and oxygen atoms in total. The number of hydrogen-bond acceptors (Lipinski definition) is 5. The zero-order chi connectivity index (χ0) is 18.1. The van der Waals surface area contributed by atoms with Gasteiger partial charge in [-0.3, -0.25) is 4.79 Å². The number of hydrogen-bond donors (Lipinski definition) is 2. The third kappa shape index (κ3) is 2.78. The molecule has 0 aliphatic carbocycles. The van der Waals surface area contributed by atoms with Gasteiger partial charge < -0.3 is 20.1 Å². The summed E-state index contributed by atoms with van der Waals surface area (Å²) in [4.78, 5) is 12.8. The van der Waals surface area contributed by atoms with Gasteiger partial charge in [0, 0.05) is 10.9 Å². The third-order valence-corrected chi connectivity index (χ3v) is 5.31. The molecule has 0 saturated heterocycles. The Morgan fingerprint density at radius 1 is 0.962 bits per heavy atom. The molecule has 1 unspecified atom stereocenters. The fraction of sp³-hybridized carbons (Fsp3) is 0.150. The zero-order valence-electron chi connectivity index (χ0n) is 14.4. The summed E-state index contributed by atoms with van der Waals surface area (Å²) in [6.07, 6.45) is -0.322. The Balaban J connectivity index is 1.68. The van der Waals surface area contributed by atoms with E-state index >= 15 is 0 Å². The molecule has 1 amide bonds. The molecule has 2 heterocycles. The third-order valence-electron chi connectivity index (χ3n) is 4.39. The first-order valence-electron chi connectivity index (χ1n) is 8.17. The van der Waals surface area contributed by atoms with Gasteiger partial charge >= 0.3 is 0 Å². The predicted octanol–water partition coefficient (Wildman–Crippen LogP) is 4.29. The second-order valence-electron chi connectivity index (χ2n) is 5.88. The van der Waals surface area contributed by atoms with E-state index in [-0.39, 0.29) is 12.1 Å². The SMILES string of the molecule is COc1ccc(C2NC(=O)c3c(-c4ccccc4)csc3N2)cc1OC. The summed E-state index contributed by atoms with van der Waals surface area (Å²) in [7, 11) is 3.19. The lowest BCUT2D eigenvalue weighted by atomic mass is 10.0. The maximum absolute atomic E-state index is 12.8. The monoisotopic (exact) mass is 366 g/mol. The Labute approximate surface area is 155 Å². The summed E-state index contributed by atoms with van der Waals surface area (Å²) in [6, 6.07) is 15.5. The Hall–Kier alpha value is -2.99. The molecule has 1 atom stereocenters. The van der Waals surface area contributed by atoms with Crippen LogP contribution in [0, 0.1) is 0 Å². The van der Waals surface area contributed by atoms with Crippen molar-refractivity contribution >= 4 is 22.2 Å². The van der Waals surface area contributed by atoms with E-state index in [1.54, 1.807) is 14.2 Å². The lowest BCUT2D eigenvalue weighted by Crippen LogP contribution is -2.37. The molecular weight excluding hydrogens is 348 g/mol. The summed E-state index contributed by atoms with van der Waals surface area (Å²) >= 11 is 1.54. The van der Waals surface area contributed by atoms with Crippen LogP contribution >= 0.6 is 11.3 Å². The maximum Gasteiger partial charge on any atom is 0.256 e. The molecule has 0 radical (unpaired) electrons. The number of methoxy groups -OCH3 is 2. The molecule has 3 aromatic rings. The molecule has 0 bridgehead atoms. The first kappa shape index (κ1) is 16.5. The molecule has 6 heteroatoms. The number of carbonyl (C=O) groups excluding carboxylic acids is 1. The number of nitrogens with one attached hydrogen (secondary N) is 2. The van der Waals surface area contributed by atoms with Crippen molar-refractivity contribution in [2.75, 3.05) is 19.5 Å². The van der Waals surface area contributed by atoms with E-state index in [9.17, 15) is 4.79 Å². The minimum Gasteiger partial charge on any atom is -0.493 e. The van der Waals surface area contributed by atoms with Crippen LogP contribution in [0.1, 0.15) is 22.1 Å². The maximum atomic E-state index is 12.8. The Morgan fingerprint density at radius 2 is 1.73 bits per heavy atom. The van der Waals surface area contributed by atoms with Crippen LogP contribution in [0.25, 0.3) is 11.1 Å². The number of anilines is 1. The molecule has 1 aliphatic rings. The van der Waals surface area contributed by atoms with Crippen molar-refractivity contribution in [1.82, 2.24) is 5.32 Å². The van der Waals surface area contributed by atoms with Crippen LogP contribution in [-0.2, 0) is 0 Å². The van der Waals surface area contributed by atoms with Crippen molar-refractivity contribution in [3.05, 3.63) is 65.0 Å². The Morgan fingerprint density at radius 3 is 2.46 bits per heavy atom. The standard InChI is InChI=1S/C20H18N2O3S/c1-24-15-9-8-13(10-16(15)25-2)18-21-19(23)17-14(11-26-20(17)22-18)12-6-4-3-5-7-12/h3-11,18,22H,1-2H3,(H,21,23). The number of fused-ring (bicyclic) bond motifs is 1. The van der Waals surface area contributed by atoms with E-state index in [1.807, 2.05) is 53.9 Å². The average molecular weight is 366 g/mol. The lowest BCUT2D eigenvalue weighted by Gasteiger charge is -2.27. The number of benzene rings is 2. The van der Waals surface area contributed by atoms with Gasteiger partial charge in [-0.1, -0.05) is 36.4 Å². The summed E-state index contributed by atoms with van der Waals surface area (Å²) in [5.74, 6) is 1.20. The fourth-order valence-corrected chi connectivity index (χ4v) is 4.09. The Bertz CT molecular complexity index is 953. The number of amides is 1. The van der Waals surface area contributed by atoms with E-state index < -0.39 is 0 Å². The van der Waals surface area contributed by atoms with E-state index in [0.717, 1.165) is 21.7 Å². The van der Waals surface area contributed by atoms with Gasteiger partial charge in [0.15, 0.2) is 11.5 Å². The van der Waals surface area contributed by atoms with Crippen molar-refractivity contribution in [1.29, 1.82) is 0 Å². The van der Waals surface area contributed by atoms with Crippen molar-refractivity contribution in [3.8, 4) is 22.6 Å². The summed E-state index contributed by atoms with van der Waals surface area (Å²) in [5.41, 5.74) is 3.57. The molecule has 1 aliphatic heterocycles. The number of rotatable bonds is 4. The van der Waals surface area contributed by atoms with Gasteiger partial charge in [-0.05, 0) is 23.3 Å². The molecule has 0 saturated carbocycles. The van der Waals surface area contributed by atoms with Crippen LogP contribution in [0.2, 0.25) is 0 Å². The second kappa shape index (κ2) is 6.72. The van der Waals surface area contributed by atoms with Crippen molar-refractivity contribution < 1.29 is 14.3 Å². The molecule has 0 spiro atoms. The van der Waals surface area contributed by atoms with Gasteiger partial charge in [0.05, 0.1) is 19.8 Å². The molecular formula is C20H18N2O3S. The highest BCUT2D eigenvalue weighted by atomic mass is 32.1. The first-order valence-corrected chi connectivity index (χ1v) is 9.05. The van der Waals surface area contributed by atoms with Crippen molar-refractivity contribution in [3.63, 3.8) is 0 Å². The van der Waals surface area contributed by atoms with Gasteiger partial charge in [0.25, 0.3) is 5.91 Å². The molecule has 2 N–H and O–H groups in total. The van der Waals surface area contributed by atoms with Crippen LogP contribution in [0.4, 0.5) is 5.00 Å². The molecule has 26 heavy (non-hydrogen) atoms. The smallest absolute Gasteiger partial charge is 0.256 e. The average Bonchev–Trinajstić information content (AvgIpc) is 3.12. The quantitative estimate of drug-likeness (QED) is 0.723. The zero-order valence-corrected chi connectivity index (χ0v) is 15.2. The Kier molecular flexibility index (Phi) is 4.26.